The summed E-state index contributed by atoms with van der Waals surface area (Å²) in [6.07, 6.45) is 2.70. The van der Waals surface area contributed by atoms with Gasteiger partial charge in [-0.05, 0) is 55.2 Å². The van der Waals surface area contributed by atoms with Crippen LogP contribution in [0.25, 0.3) is 28.1 Å². The van der Waals surface area contributed by atoms with Crippen molar-refractivity contribution in [3.05, 3.63) is 97.6 Å². The second-order valence-electron chi connectivity index (χ2n) is 10.7. The van der Waals surface area contributed by atoms with Gasteiger partial charge >= 0.3 is 11.1 Å². The van der Waals surface area contributed by atoms with E-state index in [0.29, 0.717) is 22.5 Å². The van der Waals surface area contributed by atoms with E-state index in [-0.39, 0.29) is 46.5 Å². The van der Waals surface area contributed by atoms with Crippen LogP contribution < -0.4 is 11.1 Å². The third kappa shape index (κ3) is 4.76. The smallest absolute Gasteiger partial charge is 0.322 e. The van der Waals surface area contributed by atoms with Gasteiger partial charge in [0.25, 0.3) is 0 Å². The standard InChI is InChI=1S/C30H28ClF2N5O3/c1-6-22(39)36-13-30(33,14-36)15-37-21-12-20(31)25(19-9-7-8-17(4)23(19)32)35-27(21)38(29(41)28(37)40)26-18(5)10-11-34-24(26)16(2)3/h6-12,16H,1,13-15H2,2-5H3. The van der Waals surface area contributed by atoms with Crippen molar-refractivity contribution in [3.8, 4) is 16.9 Å². The first-order valence-electron chi connectivity index (χ1n) is 13.0. The number of carbonyl (C=O) groups is 1. The van der Waals surface area contributed by atoms with E-state index in [1.54, 1.807) is 38.2 Å². The van der Waals surface area contributed by atoms with Crippen LogP contribution >= 0.6 is 11.6 Å². The van der Waals surface area contributed by atoms with Crippen LogP contribution in [0.2, 0.25) is 5.02 Å². The number of pyridine rings is 2. The molecule has 1 aliphatic heterocycles. The average Bonchev–Trinajstić information content (AvgIpc) is 2.91. The summed E-state index contributed by atoms with van der Waals surface area (Å²) >= 11 is 6.64. The number of likely N-dealkylation sites (tertiary alicyclic amines) is 1. The fourth-order valence-corrected chi connectivity index (χ4v) is 5.47. The van der Waals surface area contributed by atoms with Gasteiger partial charge in [0, 0.05) is 11.8 Å². The van der Waals surface area contributed by atoms with Crippen LogP contribution in [-0.4, -0.2) is 48.7 Å². The summed E-state index contributed by atoms with van der Waals surface area (Å²) in [6.45, 7) is 9.53. The molecule has 0 saturated carbocycles. The molecule has 0 unspecified atom stereocenters. The van der Waals surface area contributed by atoms with Gasteiger partial charge in [-0.2, -0.15) is 0 Å². The summed E-state index contributed by atoms with van der Waals surface area (Å²) in [5.41, 5.74) is -1.74. The molecule has 1 saturated heterocycles. The monoisotopic (exact) mass is 579 g/mol. The van der Waals surface area contributed by atoms with Gasteiger partial charge in [-0.15, -0.1) is 0 Å². The quantitative estimate of drug-likeness (QED) is 0.240. The summed E-state index contributed by atoms with van der Waals surface area (Å²) in [6, 6.07) is 7.89. The third-order valence-corrected chi connectivity index (χ3v) is 7.61. The second-order valence-corrected chi connectivity index (χ2v) is 11.1. The van der Waals surface area contributed by atoms with Crippen LogP contribution in [0.4, 0.5) is 8.78 Å². The Labute approximate surface area is 239 Å². The van der Waals surface area contributed by atoms with Crippen LogP contribution in [0.5, 0.6) is 0 Å². The number of fused-ring (bicyclic) bond motifs is 1. The molecule has 3 aromatic heterocycles. The lowest BCUT2D eigenvalue weighted by atomic mass is 9.95. The largest absolute Gasteiger partial charge is 0.332 e. The molecule has 4 aromatic rings. The van der Waals surface area contributed by atoms with Crippen LogP contribution in [0.1, 0.15) is 36.6 Å². The third-order valence-electron chi connectivity index (χ3n) is 7.32. The normalized spacial score (nSPS) is 14.4. The van der Waals surface area contributed by atoms with Crippen molar-refractivity contribution in [2.75, 3.05) is 13.1 Å². The van der Waals surface area contributed by atoms with E-state index in [1.165, 1.54) is 21.6 Å². The zero-order chi connectivity index (χ0) is 29.8. The van der Waals surface area contributed by atoms with Crippen LogP contribution in [0, 0.1) is 19.7 Å². The fraction of sp³-hybridized carbons (Fsp3) is 0.300. The van der Waals surface area contributed by atoms with E-state index >= 15 is 8.78 Å². The Balaban J connectivity index is 1.84. The number of hydrogen-bond donors (Lipinski definition) is 0. The lowest BCUT2D eigenvalue weighted by Crippen LogP contribution is -2.63. The van der Waals surface area contributed by atoms with E-state index in [4.69, 9.17) is 11.6 Å². The highest BCUT2D eigenvalue weighted by molar-refractivity contribution is 6.33. The number of alkyl halides is 1. The van der Waals surface area contributed by atoms with Gasteiger partial charge in [0.2, 0.25) is 5.91 Å². The predicted molar refractivity (Wildman–Crippen MR) is 154 cm³/mol. The number of aryl methyl sites for hydroxylation is 2. The van der Waals surface area contributed by atoms with Crippen molar-refractivity contribution >= 4 is 28.7 Å². The number of carbonyl (C=O) groups excluding carboxylic acids is 1. The van der Waals surface area contributed by atoms with E-state index in [0.717, 1.165) is 10.6 Å². The van der Waals surface area contributed by atoms with Gasteiger partial charge in [0.15, 0.2) is 11.3 Å². The SMILES string of the molecule is C=CC(=O)N1CC(F)(Cn2c(=O)c(=O)n(-c3c(C)ccnc3C(C)C)c3nc(-c4cccc(C)c4F)c(Cl)cc32)C1. The highest BCUT2D eigenvalue weighted by Gasteiger charge is 2.46. The lowest BCUT2D eigenvalue weighted by Gasteiger charge is -2.44. The maximum atomic E-state index is 15.8. The maximum absolute atomic E-state index is 15.8. The van der Waals surface area contributed by atoms with Gasteiger partial charge < -0.3 is 4.90 Å². The van der Waals surface area contributed by atoms with Crippen molar-refractivity contribution < 1.29 is 13.6 Å². The summed E-state index contributed by atoms with van der Waals surface area (Å²) in [7, 11) is 0. The van der Waals surface area contributed by atoms with E-state index in [9.17, 15) is 14.4 Å². The van der Waals surface area contributed by atoms with Gasteiger partial charge in [-0.25, -0.2) is 13.8 Å². The minimum Gasteiger partial charge on any atom is -0.332 e. The summed E-state index contributed by atoms with van der Waals surface area (Å²) < 4.78 is 33.2. The van der Waals surface area contributed by atoms with Gasteiger partial charge in [0.05, 0.1) is 47.2 Å². The van der Waals surface area contributed by atoms with E-state index in [2.05, 4.69) is 16.5 Å². The highest BCUT2D eigenvalue weighted by atomic mass is 35.5. The molecule has 1 aliphatic rings. The van der Waals surface area contributed by atoms with Crippen molar-refractivity contribution in [2.45, 2.75) is 45.8 Å². The molecule has 0 radical (unpaired) electrons. The molecule has 41 heavy (non-hydrogen) atoms. The molecule has 0 aliphatic carbocycles. The first-order chi connectivity index (χ1) is 19.4. The Hall–Kier alpha value is -4.18. The van der Waals surface area contributed by atoms with Crippen LogP contribution in [0.3, 0.4) is 0 Å². The first kappa shape index (κ1) is 28.4. The highest BCUT2D eigenvalue weighted by Crippen LogP contribution is 2.34. The molecule has 1 aromatic carbocycles. The van der Waals surface area contributed by atoms with E-state index in [1.807, 2.05) is 13.8 Å². The minimum atomic E-state index is -1.98. The van der Waals surface area contributed by atoms with Gasteiger partial charge in [-0.1, -0.05) is 44.2 Å². The molecule has 4 heterocycles. The number of aromatic nitrogens is 4. The molecular weight excluding hydrogens is 552 g/mol. The van der Waals surface area contributed by atoms with Gasteiger partial charge in [-0.3, -0.25) is 28.5 Å². The maximum Gasteiger partial charge on any atom is 0.322 e. The minimum absolute atomic E-state index is 0.00477. The van der Waals surface area contributed by atoms with Crippen molar-refractivity contribution in [1.29, 1.82) is 0 Å². The second kappa shape index (κ2) is 10.3. The molecule has 0 bridgehead atoms. The molecule has 1 fully saturated rings. The van der Waals surface area contributed by atoms with Crippen molar-refractivity contribution in [2.24, 2.45) is 0 Å². The van der Waals surface area contributed by atoms with Crippen molar-refractivity contribution in [3.63, 3.8) is 0 Å². The Kier molecular flexibility index (Phi) is 7.15. The Morgan fingerprint density at radius 1 is 1.17 bits per heavy atom. The topological polar surface area (TPSA) is 90.1 Å². The Morgan fingerprint density at radius 3 is 2.54 bits per heavy atom. The van der Waals surface area contributed by atoms with Gasteiger partial charge in [0.1, 0.15) is 5.82 Å². The summed E-state index contributed by atoms with van der Waals surface area (Å²) in [4.78, 5) is 49.8. The zero-order valence-electron chi connectivity index (χ0n) is 23.0. The van der Waals surface area contributed by atoms with E-state index < -0.39 is 35.1 Å². The number of hydrogen-bond acceptors (Lipinski definition) is 5. The molecule has 0 N–H and O–H groups in total. The molecular formula is C30H28ClF2N5O3. The number of halogens is 3. The molecule has 5 rings (SSSR count). The number of benzene rings is 1. The number of nitrogens with zero attached hydrogens (tertiary/aromatic N) is 5. The molecule has 1 amide bonds. The molecule has 11 heteroatoms. The summed E-state index contributed by atoms with van der Waals surface area (Å²) in [5, 5.41) is 0.0114. The molecule has 0 atom stereocenters. The molecule has 8 nitrogen and oxygen atoms in total. The summed E-state index contributed by atoms with van der Waals surface area (Å²) in [5.74, 6) is -1.10. The lowest BCUT2D eigenvalue weighted by molar-refractivity contribution is -0.141. The number of amides is 1. The zero-order valence-corrected chi connectivity index (χ0v) is 23.8. The Morgan fingerprint density at radius 2 is 1.88 bits per heavy atom. The molecule has 0 spiro atoms. The fourth-order valence-electron chi connectivity index (χ4n) is 5.22. The average molecular weight is 580 g/mol. The first-order valence-corrected chi connectivity index (χ1v) is 13.4. The predicted octanol–water partition coefficient (Wildman–Crippen LogP) is 4.88. The van der Waals surface area contributed by atoms with Crippen molar-refractivity contribution in [1.82, 2.24) is 24.0 Å². The van der Waals surface area contributed by atoms with Crippen LogP contribution in [-0.2, 0) is 11.3 Å². The number of rotatable bonds is 6. The molecule has 212 valence electrons. The Bertz CT molecular complexity index is 1860. The van der Waals surface area contributed by atoms with Crippen LogP contribution in [0.15, 0.2) is 58.8 Å².